The summed E-state index contributed by atoms with van der Waals surface area (Å²) in [5.41, 5.74) is 0. The van der Waals surface area contributed by atoms with Gasteiger partial charge in [-0.2, -0.15) is 13.2 Å². The number of rotatable bonds is 3. The summed E-state index contributed by atoms with van der Waals surface area (Å²) in [7, 11) is 0. The van der Waals surface area contributed by atoms with Crippen molar-refractivity contribution < 1.29 is 37.3 Å². The Morgan fingerprint density at radius 1 is 1.24 bits per heavy atom. The van der Waals surface area contributed by atoms with Crippen molar-refractivity contribution in [1.82, 2.24) is 9.80 Å². The van der Waals surface area contributed by atoms with Crippen LogP contribution >= 0.6 is 11.3 Å². The Morgan fingerprint density at radius 3 is 2.59 bits per heavy atom. The summed E-state index contributed by atoms with van der Waals surface area (Å²) in [4.78, 5) is 26.7. The van der Waals surface area contributed by atoms with Gasteiger partial charge in [-0.25, -0.2) is 4.79 Å². The molecule has 1 amide bonds. The molecule has 0 aromatic carbocycles. The number of halogens is 3. The molecule has 0 aliphatic carbocycles. The van der Waals surface area contributed by atoms with Crippen molar-refractivity contribution in [2.75, 3.05) is 39.4 Å². The van der Waals surface area contributed by atoms with Crippen LogP contribution in [0, 0.1) is 0 Å². The molecule has 0 saturated carbocycles. The Labute approximate surface area is 170 Å². The van der Waals surface area contributed by atoms with E-state index in [2.05, 4.69) is 4.90 Å². The summed E-state index contributed by atoms with van der Waals surface area (Å²) in [6.07, 6.45) is -2.24. The molecule has 0 radical (unpaired) electrons. The maximum Gasteiger partial charge on any atom is 0.490 e. The van der Waals surface area contributed by atoms with Crippen LogP contribution in [-0.4, -0.2) is 90.6 Å². The molecular weight excluding hydrogens is 413 g/mol. The van der Waals surface area contributed by atoms with E-state index in [1.165, 1.54) is 17.8 Å². The van der Waals surface area contributed by atoms with E-state index in [1.807, 2.05) is 22.4 Å². The highest BCUT2D eigenvalue weighted by Gasteiger charge is 2.42. The van der Waals surface area contributed by atoms with Crippen molar-refractivity contribution >= 4 is 23.2 Å². The Bertz CT molecular complexity index is 694. The summed E-state index contributed by atoms with van der Waals surface area (Å²) in [6, 6.07) is 4.16. The summed E-state index contributed by atoms with van der Waals surface area (Å²) < 4.78 is 43.4. The molecule has 29 heavy (non-hydrogen) atoms. The number of nitrogens with zero attached hydrogens (tertiary/aromatic N) is 2. The van der Waals surface area contributed by atoms with Crippen molar-refractivity contribution in [3.05, 3.63) is 22.4 Å². The summed E-state index contributed by atoms with van der Waals surface area (Å²) in [5.74, 6) is -2.61. The van der Waals surface area contributed by atoms with Gasteiger partial charge in [-0.3, -0.25) is 9.69 Å². The topological polar surface area (TPSA) is 79.3 Å². The van der Waals surface area contributed by atoms with Crippen LogP contribution in [0.3, 0.4) is 0 Å². The maximum atomic E-state index is 12.5. The van der Waals surface area contributed by atoms with Gasteiger partial charge in [0.25, 0.3) is 5.91 Å². The van der Waals surface area contributed by atoms with Gasteiger partial charge >= 0.3 is 12.1 Å². The molecule has 7 nitrogen and oxygen atoms in total. The van der Waals surface area contributed by atoms with Crippen LogP contribution in [0.15, 0.2) is 17.5 Å². The normalized spacial score (nSPS) is 27.3. The number of hydrogen-bond donors (Lipinski definition) is 1. The standard InChI is InChI=1S/C16H22N2O3S.C2HF3O2/c19-16(15-4-2-8-22-15)18-10-13-14(11-18)21-7-5-17(13)9-12-3-1-6-20-12;3-2(4,5)1(6)7/h2,4,8,12-14H,1,3,5-7,9-11H2;(H,6,7)/t12?,13-,14+;/m1./s1. The largest absolute Gasteiger partial charge is 0.490 e. The van der Waals surface area contributed by atoms with Crippen LogP contribution in [0.2, 0.25) is 0 Å². The average molecular weight is 436 g/mol. The number of likely N-dealkylation sites (tertiary alicyclic amines) is 1. The molecule has 3 aliphatic heterocycles. The first-order valence-electron chi connectivity index (χ1n) is 9.36. The second-order valence-corrected chi connectivity index (χ2v) is 8.04. The van der Waals surface area contributed by atoms with Gasteiger partial charge in [-0.05, 0) is 24.3 Å². The van der Waals surface area contributed by atoms with Gasteiger partial charge in [0.2, 0.25) is 0 Å². The zero-order valence-corrected chi connectivity index (χ0v) is 16.5. The zero-order chi connectivity index (χ0) is 21.0. The number of carboxylic acid groups (broad SMARTS) is 1. The van der Waals surface area contributed by atoms with E-state index in [1.54, 1.807) is 0 Å². The van der Waals surface area contributed by atoms with Gasteiger partial charge in [0.15, 0.2) is 0 Å². The third kappa shape index (κ3) is 5.68. The molecule has 0 spiro atoms. The molecule has 4 heterocycles. The minimum atomic E-state index is -5.08. The third-order valence-electron chi connectivity index (χ3n) is 5.14. The molecule has 162 valence electrons. The lowest BCUT2D eigenvalue weighted by molar-refractivity contribution is -0.192. The predicted molar refractivity (Wildman–Crippen MR) is 98.0 cm³/mol. The fourth-order valence-corrected chi connectivity index (χ4v) is 4.45. The smallest absolute Gasteiger partial charge is 0.475 e. The summed E-state index contributed by atoms with van der Waals surface area (Å²) in [5, 5.41) is 9.08. The van der Waals surface area contributed by atoms with Gasteiger partial charge in [0.05, 0.1) is 29.7 Å². The number of carboxylic acids is 1. The highest BCUT2D eigenvalue weighted by molar-refractivity contribution is 7.12. The highest BCUT2D eigenvalue weighted by atomic mass is 32.1. The fraction of sp³-hybridized carbons (Fsp3) is 0.667. The van der Waals surface area contributed by atoms with Crippen LogP contribution in [0.25, 0.3) is 0 Å². The number of carbonyl (C=O) groups is 2. The number of ether oxygens (including phenoxy) is 2. The van der Waals surface area contributed by atoms with E-state index < -0.39 is 12.1 Å². The van der Waals surface area contributed by atoms with E-state index >= 15 is 0 Å². The van der Waals surface area contributed by atoms with Gasteiger partial charge in [-0.1, -0.05) is 6.07 Å². The second kappa shape index (κ2) is 9.41. The van der Waals surface area contributed by atoms with E-state index in [4.69, 9.17) is 19.4 Å². The Morgan fingerprint density at radius 2 is 2.00 bits per heavy atom. The van der Waals surface area contributed by atoms with E-state index in [0.29, 0.717) is 18.7 Å². The molecule has 3 aliphatic rings. The molecule has 3 atom stereocenters. The van der Waals surface area contributed by atoms with Gasteiger partial charge < -0.3 is 19.5 Å². The van der Waals surface area contributed by atoms with Crippen molar-refractivity contribution in [3.63, 3.8) is 0 Å². The number of thiophene rings is 1. The molecule has 3 fully saturated rings. The van der Waals surface area contributed by atoms with Crippen LogP contribution in [0.5, 0.6) is 0 Å². The van der Waals surface area contributed by atoms with Crippen molar-refractivity contribution in [2.24, 2.45) is 0 Å². The Kier molecular flexibility index (Phi) is 7.14. The molecule has 11 heteroatoms. The lowest BCUT2D eigenvalue weighted by Crippen LogP contribution is -2.52. The van der Waals surface area contributed by atoms with Crippen molar-refractivity contribution in [1.29, 1.82) is 0 Å². The van der Waals surface area contributed by atoms with E-state index in [-0.39, 0.29) is 12.0 Å². The monoisotopic (exact) mass is 436 g/mol. The first-order chi connectivity index (χ1) is 13.8. The number of morpholine rings is 1. The Balaban J connectivity index is 0.000000298. The van der Waals surface area contributed by atoms with Crippen LogP contribution in [-0.2, 0) is 14.3 Å². The number of alkyl halides is 3. The minimum Gasteiger partial charge on any atom is -0.475 e. The van der Waals surface area contributed by atoms with Crippen molar-refractivity contribution in [2.45, 2.75) is 37.3 Å². The van der Waals surface area contributed by atoms with Crippen LogP contribution in [0.4, 0.5) is 13.2 Å². The fourth-order valence-electron chi connectivity index (χ4n) is 3.76. The summed E-state index contributed by atoms with van der Waals surface area (Å²) >= 11 is 1.51. The molecule has 1 N–H and O–H groups in total. The lowest BCUT2D eigenvalue weighted by atomic mass is 10.1. The van der Waals surface area contributed by atoms with E-state index in [9.17, 15) is 18.0 Å². The van der Waals surface area contributed by atoms with Crippen LogP contribution < -0.4 is 0 Å². The quantitative estimate of drug-likeness (QED) is 0.782. The second-order valence-electron chi connectivity index (χ2n) is 7.10. The maximum absolute atomic E-state index is 12.5. The molecule has 4 rings (SSSR count). The molecule has 1 unspecified atom stereocenters. The molecule has 3 saturated heterocycles. The molecule has 0 bridgehead atoms. The Hall–Kier alpha value is -1.69. The van der Waals surface area contributed by atoms with Gasteiger partial charge in [0.1, 0.15) is 0 Å². The number of carbonyl (C=O) groups excluding carboxylic acids is 1. The first-order valence-corrected chi connectivity index (χ1v) is 10.2. The highest BCUT2D eigenvalue weighted by Crippen LogP contribution is 2.26. The van der Waals surface area contributed by atoms with Gasteiger partial charge in [0, 0.05) is 32.8 Å². The van der Waals surface area contributed by atoms with Crippen LogP contribution in [0.1, 0.15) is 22.5 Å². The summed E-state index contributed by atoms with van der Waals surface area (Å²) in [6.45, 7) is 5.06. The molecule has 1 aromatic rings. The number of fused-ring (bicyclic) bond motifs is 1. The minimum absolute atomic E-state index is 0.144. The number of amides is 1. The first kappa shape index (κ1) is 22.0. The van der Waals surface area contributed by atoms with E-state index in [0.717, 1.165) is 44.1 Å². The van der Waals surface area contributed by atoms with Gasteiger partial charge in [-0.15, -0.1) is 11.3 Å². The lowest BCUT2D eigenvalue weighted by Gasteiger charge is -2.37. The molecular formula is C18H23F3N2O5S. The number of aliphatic carboxylic acids is 1. The van der Waals surface area contributed by atoms with Crippen molar-refractivity contribution in [3.8, 4) is 0 Å². The third-order valence-corrected chi connectivity index (χ3v) is 6.00. The SMILES string of the molecule is O=C(O)C(F)(F)F.O=C(c1cccs1)N1C[C@@H]2OCCN(CC3CCCO3)[C@@H]2C1. The number of hydrogen-bond acceptors (Lipinski definition) is 6. The predicted octanol–water partition coefficient (Wildman–Crippen LogP) is 2.09. The zero-order valence-electron chi connectivity index (χ0n) is 15.6. The molecule has 1 aromatic heterocycles. The average Bonchev–Trinajstić information content (AvgIpc) is 3.42.